The van der Waals surface area contributed by atoms with Crippen molar-refractivity contribution in [2.24, 2.45) is 17.8 Å². The SMILES string of the molecule is O=C(O)c1ccnc2ccc(N3CC4C(C3)C4C(F)(F)F)cc12. The Hall–Kier alpha value is -2.31. The molecule has 1 aliphatic heterocycles. The van der Waals surface area contributed by atoms with E-state index < -0.39 is 18.1 Å². The van der Waals surface area contributed by atoms with Crippen LogP contribution in [-0.4, -0.2) is 35.3 Å². The maximum atomic E-state index is 12.7. The average molecular weight is 322 g/mol. The number of carboxylic acid groups (broad SMARTS) is 1. The predicted octanol–water partition coefficient (Wildman–Crippen LogP) is 3.18. The molecule has 4 nitrogen and oxygen atoms in total. The minimum atomic E-state index is -4.11. The lowest BCUT2D eigenvalue weighted by Crippen LogP contribution is -2.28. The van der Waals surface area contributed by atoms with E-state index in [-0.39, 0.29) is 17.4 Å². The monoisotopic (exact) mass is 322 g/mol. The molecule has 120 valence electrons. The van der Waals surface area contributed by atoms with Crippen molar-refractivity contribution in [1.82, 2.24) is 4.98 Å². The fourth-order valence-electron chi connectivity index (χ4n) is 3.74. The summed E-state index contributed by atoms with van der Waals surface area (Å²) in [5.74, 6) is -2.89. The highest BCUT2D eigenvalue weighted by atomic mass is 19.4. The summed E-state index contributed by atoms with van der Waals surface area (Å²) < 4.78 is 38.2. The van der Waals surface area contributed by atoms with Gasteiger partial charge in [-0.15, -0.1) is 0 Å². The van der Waals surface area contributed by atoms with Gasteiger partial charge < -0.3 is 10.0 Å². The molecule has 0 spiro atoms. The van der Waals surface area contributed by atoms with E-state index in [0.717, 1.165) is 5.69 Å². The first-order chi connectivity index (χ1) is 10.9. The molecule has 2 aliphatic rings. The van der Waals surface area contributed by atoms with Gasteiger partial charge in [0.05, 0.1) is 17.0 Å². The van der Waals surface area contributed by atoms with E-state index in [1.54, 1.807) is 18.2 Å². The predicted molar refractivity (Wildman–Crippen MR) is 77.4 cm³/mol. The third kappa shape index (κ3) is 2.22. The van der Waals surface area contributed by atoms with Gasteiger partial charge in [-0.2, -0.15) is 13.2 Å². The molecule has 1 saturated carbocycles. The zero-order valence-corrected chi connectivity index (χ0v) is 11.9. The molecule has 4 rings (SSSR count). The van der Waals surface area contributed by atoms with Crippen LogP contribution in [-0.2, 0) is 0 Å². The summed E-state index contributed by atoms with van der Waals surface area (Å²) >= 11 is 0. The van der Waals surface area contributed by atoms with E-state index >= 15 is 0 Å². The van der Waals surface area contributed by atoms with Gasteiger partial charge in [-0.1, -0.05) is 0 Å². The molecule has 2 unspecified atom stereocenters. The van der Waals surface area contributed by atoms with Crippen molar-refractivity contribution >= 4 is 22.6 Å². The molecule has 1 N–H and O–H groups in total. The first kappa shape index (κ1) is 14.3. The van der Waals surface area contributed by atoms with Gasteiger partial charge in [0.15, 0.2) is 0 Å². The summed E-state index contributed by atoms with van der Waals surface area (Å²) in [5, 5.41) is 9.75. The molecule has 23 heavy (non-hydrogen) atoms. The van der Waals surface area contributed by atoms with E-state index in [1.807, 2.05) is 4.90 Å². The lowest BCUT2D eigenvalue weighted by Gasteiger charge is -2.23. The number of aromatic nitrogens is 1. The fraction of sp³-hybridized carbons (Fsp3) is 0.375. The fourth-order valence-corrected chi connectivity index (χ4v) is 3.74. The van der Waals surface area contributed by atoms with Gasteiger partial charge in [-0.05, 0) is 36.1 Å². The van der Waals surface area contributed by atoms with E-state index in [0.29, 0.717) is 24.0 Å². The zero-order chi connectivity index (χ0) is 16.4. The van der Waals surface area contributed by atoms with E-state index in [9.17, 15) is 23.1 Å². The number of rotatable bonds is 2. The van der Waals surface area contributed by atoms with Gasteiger partial charge in [0.25, 0.3) is 0 Å². The average Bonchev–Trinajstić information content (AvgIpc) is 3.03. The maximum Gasteiger partial charge on any atom is 0.392 e. The van der Waals surface area contributed by atoms with E-state index in [1.165, 1.54) is 12.3 Å². The molecule has 1 saturated heterocycles. The number of hydrogen-bond donors (Lipinski definition) is 1. The molecule has 0 radical (unpaired) electrons. The van der Waals surface area contributed by atoms with Gasteiger partial charge in [-0.25, -0.2) is 4.79 Å². The van der Waals surface area contributed by atoms with Crippen LogP contribution < -0.4 is 4.90 Å². The first-order valence-corrected chi connectivity index (χ1v) is 7.30. The number of aromatic carboxylic acids is 1. The van der Waals surface area contributed by atoms with Crippen molar-refractivity contribution in [3.05, 3.63) is 36.0 Å². The summed E-state index contributed by atoms with van der Waals surface area (Å²) in [6.07, 6.45) is -2.67. The topological polar surface area (TPSA) is 53.4 Å². The maximum absolute atomic E-state index is 12.7. The number of pyridine rings is 1. The highest BCUT2D eigenvalue weighted by Crippen LogP contribution is 2.59. The van der Waals surface area contributed by atoms with Gasteiger partial charge in [-0.3, -0.25) is 4.98 Å². The minimum absolute atomic E-state index is 0.148. The number of carboxylic acids is 1. The Bertz CT molecular complexity index is 794. The summed E-state index contributed by atoms with van der Waals surface area (Å²) in [6, 6.07) is 6.63. The largest absolute Gasteiger partial charge is 0.478 e. The van der Waals surface area contributed by atoms with Gasteiger partial charge >= 0.3 is 12.1 Å². The molecule has 0 amide bonds. The lowest BCUT2D eigenvalue weighted by atomic mass is 10.1. The number of anilines is 1. The number of hydrogen-bond acceptors (Lipinski definition) is 3. The van der Waals surface area contributed by atoms with Crippen molar-refractivity contribution in [2.75, 3.05) is 18.0 Å². The normalized spacial score (nSPS) is 26.4. The molecular weight excluding hydrogens is 309 g/mol. The smallest absolute Gasteiger partial charge is 0.392 e. The molecule has 1 aromatic carbocycles. The number of carbonyl (C=O) groups is 1. The summed E-state index contributed by atoms with van der Waals surface area (Å²) in [5.41, 5.74) is 1.46. The van der Waals surface area contributed by atoms with Gasteiger partial charge in [0, 0.05) is 30.4 Å². The van der Waals surface area contributed by atoms with Crippen LogP contribution in [0.3, 0.4) is 0 Å². The summed E-state index contributed by atoms with van der Waals surface area (Å²) in [7, 11) is 0. The van der Waals surface area contributed by atoms with Crippen molar-refractivity contribution in [2.45, 2.75) is 6.18 Å². The Morgan fingerprint density at radius 2 is 1.91 bits per heavy atom. The Morgan fingerprint density at radius 1 is 1.22 bits per heavy atom. The van der Waals surface area contributed by atoms with Crippen LogP contribution in [0, 0.1) is 17.8 Å². The van der Waals surface area contributed by atoms with Crippen molar-refractivity contribution < 1.29 is 23.1 Å². The number of alkyl halides is 3. The minimum Gasteiger partial charge on any atom is -0.478 e. The number of piperidine rings is 1. The second kappa shape index (κ2) is 4.59. The zero-order valence-electron chi connectivity index (χ0n) is 11.9. The Morgan fingerprint density at radius 3 is 2.52 bits per heavy atom. The van der Waals surface area contributed by atoms with Crippen molar-refractivity contribution in [3.63, 3.8) is 0 Å². The van der Waals surface area contributed by atoms with Crippen LogP contribution >= 0.6 is 0 Å². The highest BCUT2D eigenvalue weighted by molar-refractivity contribution is 6.03. The standard InChI is InChI=1S/C16H13F3N2O2/c17-16(18,19)14-11-6-21(7-12(11)14)8-1-2-13-10(5-8)9(15(22)23)3-4-20-13/h1-5,11-12,14H,6-7H2,(H,22,23). The lowest BCUT2D eigenvalue weighted by molar-refractivity contribution is -0.154. The Kier molecular flexibility index (Phi) is 2.86. The number of benzene rings is 1. The number of halogens is 3. The van der Waals surface area contributed by atoms with E-state index in [2.05, 4.69) is 4.98 Å². The molecule has 2 aromatic rings. The van der Waals surface area contributed by atoms with Crippen LogP contribution in [0.4, 0.5) is 18.9 Å². The van der Waals surface area contributed by atoms with Crippen LogP contribution in [0.5, 0.6) is 0 Å². The van der Waals surface area contributed by atoms with Gasteiger partial charge in [0.1, 0.15) is 0 Å². The third-order valence-corrected chi connectivity index (χ3v) is 4.89. The molecule has 2 fully saturated rings. The summed E-state index contributed by atoms with van der Waals surface area (Å²) in [4.78, 5) is 17.3. The van der Waals surface area contributed by atoms with Crippen molar-refractivity contribution in [1.29, 1.82) is 0 Å². The van der Waals surface area contributed by atoms with Crippen molar-refractivity contribution in [3.8, 4) is 0 Å². The van der Waals surface area contributed by atoms with Crippen LogP contribution in [0.15, 0.2) is 30.5 Å². The van der Waals surface area contributed by atoms with Crippen LogP contribution in [0.2, 0.25) is 0 Å². The molecule has 1 aliphatic carbocycles. The number of nitrogens with zero attached hydrogens (tertiary/aromatic N) is 2. The number of fused-ring (bicyclic) bond motifs is 2. The first-order valence-electron chi connectivity index (χ1n) is 7.30. The van der Waals surface area contributed by atoms with Gasteiger partial charge in [0.2, 0.25) is 0 Å². The molecule has 2 heterocycles. The molecular formula is C16H13F3N2O2. The molecule has 1 aromatic heterocycles. The molecule has 2 atom stereocenters. The second-order valence-corrected chi connectivity index (χ2v) is 6.17. The van der Waals surface area contributed by atoms with Crippen LogP contribution in [0.25, 0.3) is 10.9 Å². The summed E-state index contributed by atoms with van der Waals surface area (Å²) in [6.45, 7) is 0.728. The highest BCUT2D eigenvalue weighted by Gasteiger charge is 2.67. The molecule has 7 heteroatoms. The quantitative estimate of drug-likeness (QED) is 0.923. The molecule has 0 bridgehead atoms. The third-order valence-electron chi connectivity index (χ3n) is 4.89. The second-order valence-electron chi connectivity index (χ2n) is 6.17. The Balaban J connectivity index is 1.62. The Labute approximate surface area is 129 Å². The van der Waals surface area contributed by atoms with E-state index in [4.69, 9.17) is 0 Å². The van der Waals surface area contributed by atoms with Crippen LogP contribution in [0.1, 0.15) is 10.4 Å².